The van der Waals surface area contributed by atoms with Crippen molar-refractivity contribution in [2.45, 2.75) is 43.8 Å². The van der Waals surface area contributed by atoms with Gasteiger partial charge in [-0.05, 0) is 30.5 Å². The molecule has 4 amide bonds. The summed E-state index contributed by atoms with van der Waals surface area (Å²) in [7, 11) is 0. The van der Waals surface area contributed by atoms with E-state index >= 15 is 0 Å². The molecule has 3 unspecified atom stereocenters. The molecule has 0 aliphatic carbocycles. The molecule has 12 nitrogen and oxygen atoms in total. The van der Waals surface area contributed by atoms with Crippen molar-refractivity contribution in [2.75, 3.05) is 13.1 Å². The summed E-state index contributed by atoms with van der Waals surface area (Å²) in [5.41, 5.74) is 11.4. The normalized spacial score (nSPS) is 17.3. The van der Waals surface area contributed by atoms with Crippen molar-refractivity contribution in [1.82, 2.24) is 15.5 Å². The minimum Gasteiger partial charge on any atom is -0.508 e. The standard InChI is InChI=1S/C20H27N5O7/c21-13(9-16(22)27)18(30)24-14(8-11-3-5-12(26)6-4-11)20(32)25-7-1-2-15(25)19(31)23-10-17(28)29/h3-6,13-15,26H,1-2,7-10,21H2,(H2,22,27)(H,23,31)(H,24,30)(H,28,29). The number of hydrogen-bond donors (Lipinski definition) is 6. The third kappa shape index (κ3) is 6.94. The number of likely N-dealkylation sites (tertiary alicyclic amines) is 1. The van der Waals surface area contributed by atoms with E-state index in [0.717, 1.165) is 0 Å². The van der Waals surface area contributed by atoms with E-state index in [1.54, 1.807) is 12.1 Å². The highest BCUT2D eigenvalue weighted by Crippen LogP contribution is 2.20. The van der Waals surface area contributed by atoms with Crippen LogP contribution >= 0.6 is 0 Å². The summed E-state index contributed by atoms with van der Waals surface area (Å²) < 4.78 is 0. The lowest BCUT2D eigenvalue weighted by molar-refractivity contribution is -0.142. The molecule has 174 valence electrons. The van der Waals surface area contributed by atoms with Gasteiger partial charge in [-0.2, -0.15) is 0 Å². The van der Waals surface area contributed by atoms with Crippen LogP contribution in [0.3, 0.4) is 0 Å². The van der Waals surface area contributed by atoms with Crippen molar-refractivity contribution >= 4 is 29.6 Å². The summed E-state index contributed by atoms with van der Waals surface area (Å²) in [5.74, 6) is -3.87. The van der Waals surface area contributed by atoms with Gasteiger partial charge in [0.25, 0.3) is 0 Å². The zero-order valence-corrected chi connectivity index (χ0v) is 17.3. The molecule has 12 heteroatoms. The van der Waals surface area contributed by atoms with Crippen LogP contribution in [0, 0.1) is 0 Å². The van der Waals surface area contributed by atoms with Gasteiger partial charge in [-0.25, -0.2) is 0 Å². The fraction of sp³-hybridized carbons (Fsp3) is 0.450. The van der Waals surface area contributed by atoms with E-state index in [0.29, 0.717) is 18.4 Å². The average Bonchev–Trinajstić information content (AvgIpc) is 3.21. The Kier molecular flexibility index (Phi) is 8.53. The molecule has 1 aromatic rings. The molecule has 1 aliphatic rings. The second-order valence-corrected chi connectivity index (χ2v) is 7.51. The number of nitrogens with zero attached hydrogens (tertiary/aromatic N) is 1. The van der Waals surface area contributed by atoms with Crippen molar-refractivity contribution in [3.63, 3.8) is 0 Å². The zero-order valence-electron chi connectivity index (χ0n) is 17.3. The first-order valence-electron chi connectivity index (χ1n) is 10.0. The molecule has 2 rings (SSSR count). The first-order valence-corrected chi connectivity index (χ1v) is 10.0. The first kappa shape index (κ1) is 24.6. The largest absolute Gasteiger partial charge is 0.508 e. The highest BCUT2D eigenvalue weighted by Gasteiger charge is 2.38. The van der Waals surface area contributed by atoms with Gasteiger partial charge in [0, 0.05) is 13.0 Å². The molecule has 0 spiro atoms. The number of carbonyl (C=O) groups is 5. The molecular formula is C20H27N5O7. The van der Waals surface area contributed by atoms with Crippen LogP contribution in [0.25, 0.3) is 0 Å². The maximum atomic E-state index is 13.3. The molecule has 0 radical (unpaired) electrons. The molecule has 1 saturated heterocycles. The molecule has 32 heavy (non-hydrogen) atoms. The Bertz CT molecular complexity index is 874. The van der Waals surface area contributed by atoms with Crippen molar-refractivity contribution in [2.24, 2.45) is 11.5 Å². The van der Waals surface area contributed by atoms with Crippen LogP contribution in [-0.4, -0.2) is 75.9 Å². The number of carboxylic acids is 1. The molecule has 1 aliphatic heterocycles. The Hall–Kier alpha value is -3.67. The van der Waals surface area contributed by atoms with Gasteiger partial charge in [-0.3, -0.25) is 24.0 Å². The van der Waals surface area contributed by atoms with Crippen LogP contribution in [0.2, 0.25) is 0 Å². The van der Waals surface area contributed by atoms with Gasteiger partial charge in [0.15, 0.2) is 0 Å². The van der Waals surface area contributed by atoms with Gasteiger partial charge < -0.3 is 37.2 Å². The molecule has 1 fully saturated rings. The molecular weight excluding hydrogens is 422 g/mol. The SMILES string of the molecule is NC(=O)CC(N)C(=O)NC(Cc1ccc(O)cc1)C(=O)N1CCCC1C(=O)NCC(=O)O. The second-order valence-electron chi connectivity index (χ2n) is 7.51. The van der Waals surface area contributed by atoms with Gasteiger partial charge in [-0.15, -0.1) is 0 Å². The number of rotatable bonds is 10. The third-order valence-corrected chi connectivity index (χ3v) is 5.00. The number of carbonyl (C=O) groups excluding carboxylic acids is 4. The van der Waals surface area contributed by atoms with E-state index in [4.69, 9.17) is 16.6 Å². The smallest absolute Gasteiger partial charge is 0.322 e. The quantitative estimate of drug-likeness (QED) is 0.231. The molecule has 3 atom stereocenters. The second kappa shape index (κ2) is 11.1. The number of aliphatic carboxylic acids is 1. The number of amides is 4. The number of phenolic OH excluding ortho intramolecular Hbond substituents is 1. The number of aromatic hydroxyl groups is 1. The monoisotopic (exact) mass is 449 g/mol. The van der Waals surface area contributed by atoms with Crippen molar-refractivity contribution in [1.29, 1.82) is 0 Å². The Morgan fingerprint density at radius 2 is 1.81 bits per heavy atom. The lowest BCUT2D eigenvalue weighted by Gasteiger charge is -2.29. The van der Waals surface area contributed by atoms with Gasteiger partial charge in [-0.1, -0.05) is 12.1 Å². The van der Waals surface area contributed by atoms with Crippen molar-refractivity contribution in [3.05, 3.63) is 29.8 Å². The summed E-state index contributed by atoms with van der Waals surface area (Å²) >= 11 is 0. The van der Waals surface area contributed by atoms with E-state index in [1.807, 2.05) is 0 Å². The molecule has 0 saturated carbocycles. The minimum atomic E-state index is -1.25. The van der Waals surface area contributed by atoms with E-state index in [1.165, 1.54) is 17.0 Å². The van der Waals surface area contributed by atoms with Crippen LogP contribution in [0.15, 0.2) is 24.3 Å². The summed E-state index contributed by atoms with van der Waals surface area (Å²) in [6.45, 7) is -0.327. The van der Waals surface area contributed by atoms with Crippen molar-refractivity contribution in [3.8, 4) is 5.75 Å². The number of hydrogen-bond acceptors (Lipinski definition) is 7. The number of benzene rings is 1. The van der Waals surface area contributed by atoms with Crippen LogP contribution in [0.5, 0.6) is 5.75 Å². The molecule has 0 bridgehead atoms. The average molecular weight is 449 g/mol. The van der Waals surface area contributed by atoms with Gasteiger partial charge >= 0.3 is 5.97 Å². The lowest BCUT2D eigenvalue weighted by atomic mass is 10.0. The predicted molar refractivity (Wildman–Crippen MR) is 111 cm³/mol. The van der Waals surface area contributed by atoms with Crippen LogP contribution in [0.1, 0.15) is 24.8 Å². The van der Waals surface area contributed by atoms with Gasteiger partial charge in [0.2, 0.25) is 23.6 Å². The van der Waals surface area contributed by atoms with E-state index < -0.39 is 60.7 Å². The Morgan fingerprint density at radius 3 is 2.41 bits per heavy atom. The zero-order chi connectivity index (χ0) is 23.8. The highest BCUT2D eigenvalue weighted by molar-refractivity contribution is 5.95. The summed E-state index contributed by atoms with van der Waals surface area (Å²) in [6.07, 6.45) is 0.500. The van der Waals surface area contributed by atoms with E-state index in [2.05, 4.69) is 10.6 Å². The molecule has 8 N–H and O–H groups in total. The maximum absolute atomic E-state index is 13.3. The number of primary amides is 1. The van der Waals surface area contributed by atoms with Crippen molar-refractivity contribution < 1.29 is 34.2 Å². The van der Waals surface area contributed by atoms with E-state index in [9.17, 15) is 29.1 Å². The maximum Gasteiger partial charge on any atom is 0.322 e. The summed E-state index contributed by atoms with van der Waals surface area (Å²) in [4.78, 5) is 61.2. The molecule has 1 heterocycles. The lowest BCUT2D eigenvalue weighted by Crippen LogP contribution is -2.56. The number of nitrogens with one attached hydrogen (secondary N) is 2. The Morgan fingerprint density at radius 1 is 1.16 bits per heavy atom. The number of carboxylic acid groups (broad SMARTS) is 1. The fourth-order valence-electron chi connectivity index (χ4n) is 3.44. The van der Waals surface area contributed by atoms with E-state index in [-0.39, 0.29) is 18.7 Å². The first-order chi connectivity index (χ1) is 15.1. The Labute approximate surface area is 183 Å². The highest BCUT2D eigenvalue weighted by atomic mass is 16.4. The van der Waals surface area contributed by atoms with Crippen LogP contribution in [-0.2, 0) is 30.4 Å². The number of nitrogens with two attached hydrogens (primary N) is 2. The molecule has 1 aromatic carbocycles. The van der Waals surface area contributed by atoms with Crippen LogP contribution < -0.4 is 22.1 Å². The summed E-state index contributed by atoms with van der Waals surface area (Å²) in [5, 5.41) is 23.0. The third-order valence-electron chi connectivity index (χ3n) is 5.00. The fourth-order valence-corrected chi connectivity index (χ4v) is 3.44. The van der Waals surface area contributed by atoms with Crippen LogP contribution in [0.4, 0.5) is 0 Å². The minimum absolute atomic E-state index is 0.0267. The molecule has 0 aromatic heterocycles. The number of phenols is 1. The van der Waals surface area contributed by atoms with Gasteiger partial charge in [0.05, 0.1) is 12.5 Å². The van der Waals surface area contributed by atoms with Gasteiger partial charge in [0.1, 0.15) is 24.4 Å². The Balaban J connectivity index is 2.20. The topological polar surface area (TPSA) is 205 Å². The summed E-state index contributed by atoms with van der Waals surface area (Å²) in [6, 6.07) is 2.76. The predicted octanol–water partition coefficient (Wildman–Crippen LogP) is -2.19.